The lowest BCUT2D eigenvalue weighted by molar-refractivity contribution is 0.203. The first kappa shape index (κ1) is 19.2. The van der Waals surface area contributed by atoms with Gasteiger partial charge in [0.2, 0.25) is 5.89 Å². The number of hydrogen-bond donors (Lipinski definition) is 2. The van der Waals surface area contributed by atoms with E-state index in [0.29, 0.717) is 31.5 Å². The van der Waals surface area contributed by atoms with Crippen molar-refractivity contribution in [2.24, 2.45) is 4.99 Å². The molecule has 0 aliphatic carbocycles. The van der Waals surface area contributed by atoms with E-state index < -0.39 is 0 Å². The molecule has 1 rings (SSSR count). The number of halogens is 1. The summed E-state index contributed by atoms with van der Waals surface area (Å²) in [6.07, 6.45) is 1.78. The number of guanidine groups is 1. The number of aromatic nitrogens is 1. The van der Waals surface area contributed by atoms with Crippen molar-refractivity contribution in [3.8, 4) is 0 Å². The van der Waals surface area contributed by atoms with Crippen LogP contribution in [0.15, 0.2) is 15.6 Å². The fourth-order valence-electron chi connectivity index (χ4n) is 1.39. The third-order valence-electron chi connectivity index (χ3n) is 2.52. The van der Waals surface area contributed by atoms with E-state index in [1.165, 1.54) is 0 Å². The minimum absolute atomic E-state index is 0. The summed E-state index contributed by atoms with van der Waals surface area (Å²) in [7, 11) is 3.39. The zero-order valence-corrected chi connectivity index (χ0v) is 15.1. The summed E-state index contributed by atoms with van der Waals surface area (Å²) in [6, 6.07) is 0. The van der Waals surface area contributed by atoms with Gasteiger partial charge in [-0.3, -0.25) is 4.99 Å². The summed E-state index contributed by atoms with van der Waals surface area (Å²) in [5, 5.41) is 6.26. The van der Waals surface area contributed by atoms with Gasteiger partial charge < -0.3 is 19.8 Å². The van der Waals surface area contributed by atoms with Gasteiger partial charge in [0, 0.05) is 26.1 Å². The first-order valence-electron chi connectivity index (χ1n) is 6.36. The van der Waals surface area contributed by atoms with Gasteiger partial charge in [0.25, 0.3) is 0 Å². The van der Waals surface area contributed by atoms with Crippen molar-refractivity contribution < 1.29 is 9.15 Å². The Hall–Kier alpha value is -0.830. The zero-order valence-electron chi connectivity index (χ0n) is 12.8. The third kappa shape index (κ3) is 6.56. The highest BCUT2D eigenvalue weighted by atomic mass is 127. The van der Waals surface area contributed by atoms with Crippen LogP contribution in [0.4, 0.5) is 0 Å². The molecule has 0 spiro atoms. The monoisotopic (exact) mass is 396 g/mol. The Labute approximate surface area is 137 Å². The quantitative estimate of drug-likeness (QED) is 0.344. The number of rotatable bonds is 5. The van der Waals surface area contributed by atoms with Gasteiger partial charge in [0.05, 0.1) is 19.3 Å². The lowest BCUT2D eigenvalue weighted by atomic mass is 9.94. The van der Waals surface area contributed by atoms with Crippen molar-refractivity contribution >= 4 is 29.9 Å². The molecule has 116 valence electrons. The summed E-state index contributed by atoms with van der Waals surface area (Å²) >= 11 is 0. The summed E-state index contributed by atoms with van der Waals surface area (Å²) in [5.41, 5.74) is -0.0242. The molecule has 0 radical (unpaired) electrons. The van der Waals surface area contributed by atoms with E-state index in [2.05, 4.69) is 41.4 Å². The maximum atomic E-state index is 5.69. The largest absolute Gasteiger partial charge is 0.443 e. The van der Waals surface area contributed by atoms with Gasteiger partial charge >= 0.3 is 0 Å². The van der Waals surface area contributed by atoms with Crippen molar-refractivity contribution in [1.29, 1.82) is 0 Å². The number of aliphatic imine (C=N–C) groups is 1. The molecule has 0 aliphatic rings. The molecule has 1 aromatic rings. The zero-order chi connectivity index (χ0) is 14.3. The van der Waals surface area contributed by atoms with Crippen LogP contribution in [-0.4, -0.2) is 38.3 Å². The number of ether oxygens (including phenoxy) is 1. The maximum absolute atomic E-state index is 5.69. The van der Waals surface area contributed by atoms with E-state index in [0.717, 1.165) is 5.76 Å². The molecule has 0 saturated carbocycles. The molecule has 20 heavy (non-hydrogen) atoms. The summed E-state index contributed by atoms with van der Waals surface area (Å²) in [5.74, 6) is 2.24. The van der Waals surface area contributed by atoms with Crippen LogP contribution in [0.25, 0.3) is 0 Å². The van der Waals surface area contributed by atoms with E-state index in [4.69, 9.17) is 9.15 Å². The van der Waals surface area contributed by atoms with Crippen LogP contribution in [-0.2, 0) is 16.7 Å². The van der Waals surface area contributed by atoms with Crippen LogP contribution in [0.3, 0.4) is 0 Å². The van der Waals surface area contributed by atoms with Crippen LogP contribution in [0.5, 0.6) is 0 Å². The molecule has 1 aromatic heterocycles. The predicted molar refractivity (Wildman–Crippen MR) is 90.7 cm³/mol. The number of nitrogens with one attached hydrogen (secondary N) is 2. The van der Waals surface area contributed by atoms with Gasteiger partial charge in [-0.05, 0) is 0 Å². The Morgan fingerprint density at radius 2 is 2.10 bits per heavy atom. The molecule has 0 aliphatic heterocycles. The van der Waals surface area contributed by atoms with Crippen LogP contribution < -0.4 is 10.6 Å². The lowest BCUT2D eigenvalue weighted by Gasteiger charge is -2.13. The van der Waals surface area contributed by atoms with Crippen LogP contribution in [0, 0.1) is 0 Å². The first-order valence-corrected chi connectivity index (χ1v) is 6.36. The lowest BCUT2D eigenvalue weighted by Crippen LogP contribution is -2.38. The van der Waals surface area contributed by atoms with Gasteiger partial charge in [-0.1, -0.05) is 20.8 Å². The SMILES string of the molecule is CN=C(NCCOC)NCc1ncc(C(C)(C)C)o1.I. The van der Waals surface area contributed by atoms with Gasteiger partial charge in [-0.2, -0.15) is 0 Å². The van der Waals surface area contributed by atoms with Crippen molar-refractivity contribution in [2.75, 3.05) is 27.3 Å². The minimum atomic E-state index is -0.0242. The second-order valence-corrected chi connectivity index (χ2v) is 5.21. The van der Waals surface area contributed by atoms with Crippen molar-refractivity contribution in [3.63, 3.8) is 0 Å². The van der Waals surface area contributed by atoms with Crippen LogP contribution in [0.1, 0.15) is 32.4 Å². The van der Waals surface area contributed by atoms with Gasteiger partial charge in [0.1, 0.15) is 5.76 Å². The molecule has 0 saturated heterocycles. The van der Waals surface area contributed by atoms with Crippen molar-refractivity contribution in [2.45, 2.75) is 32.7 Å². The molecule has 0 bridgehead atoms. The standard InChI is InChI=1S/C13H24N4O2.HI/c1-13(2,3)10-8-16-11(19-10)9-17-12(14-4)15-6-7-18-5;/h8H,6-7,9H2,1-5H3,(H2,14,15,17);1H. The second kappa shape index (κ2) is 9.17. The molecule has 0 atom stereocenters. The topological polar surface area (TPSA) is 71.7 Å². The summed E-state index contributed by atoms with van der Waals surface area (Å²) in [4.78, 5) is 8.35. The number of hydrogen-bond acceptors (Lipinski definition) is 4. The highest BCUT2D eigenvalue weighted by Crippen LogP contribution is 2.22. The first-order chi connectivity index (χ1) is 8.97. The number of methoxy groups -OCH3 is 1. The average Bonchev–Trinajstić information content (AvgIpc) is 2.82. The van der Waals surface area contributed by atoms with E-state index in [-0.39, 0.29) is 29.4 Å². The molecule has 7 heteroatoms. The van der Waals surface area contributed by atoms with Gasteiger partial charge in [-0.25, -0.2) is 4.98 Å². The normalized spacial score (nSPS) is 11.9. The molecule has 0 unspecified atom stereocenters. The van der Waals surface area contributed by atoms with Crippen LogP contribution >= 0.6 is 24.0 Å². The minimum Gasteiger partial charge on any atom is -0.443 e. The van der Waals surface area contributed by atoms with Gasteiger partial charge in [0.15, 0.2) is 5.96 Å². The smallest absolute Gasteiger partial charge is 0.213 e. The molecular formula is C13H25IN4O2. The Kier molecular flexibility index (Phi) is 8.79. The summed E-state index contributed by atoms with van der Waals surface area (Å²) in [6.45, 7) is 8.12. The van der Waals surface area contributed by atoms with Crippen molar-refractivity contribution in [1.82, 2.24) is 15.6 Å². The Morgan fingerprint density at radius 3 is 2.60 bits per heavy atom. The number of oxazole rings is 1. The molecule has 6 nitrogen and oxygen atoms in total. The second-order valence-electron chi connectivity index (χ2n) is 5.21. The Balaban J connectivity index is 0.00000361. The highest BCUT2D eigenvalue weighted by Gasteiger charge is 2.19. The van der Waals surface area contributed by atoms with E-state index >= 15 is 0 Å². The Morgan fingerprint density at radius 1 is 1.40 bits per heavy atom. The molecule has 2 N–H and O–H groups in total. The third-order valence-corrected chi connectivity index (χ3v) is 2.52. The Bertz CT molecular complexity index is 413. The van der Waals surface area contributed by atoms with Crippen molar-refractivity contribution in [3.05, 3.63) is 17.8 Å². The fraction of sp³-hybridized carbons (Fsp3) is 0.692. The molecule has 0 fully saturated rings. The van der Waals surface area contributed by atoms with Gasteiger partial charge in [-0.15, -0.1) is 24.0 Å². The van der Waals surface area contributed by atoms with E-state index in [9.17, 15) is 0 Å². The van der Waals surface area contributed by atoms with E-state index in [1.807, 2.05) is 0 Å². The molecular weight excluding hydrogens is 371 g/mol. The highest BCUT2D eigenvalue weighted by molar-refractivity contribution is 14.0. The fourth-order valence-corrected chi connectivity index (χ4v) is 1.39. The van der Waals surface area contributed by atoms with Crippen LogP contribution in [0.2, 0.25) is 0 Å². The molecule has 0 amide bonds. The summed E-state index contributed by atoms with van der Waals surface area (Å²) < 4.78 is 10.7. The number of nitrogens with zero attached hydrogens (tertiary/aromatic N) is 2. The predicted octanol–water partition coefficient (Wildman–Crippen LogP) is 1.90. The molecule has 1 heterocycles. The average molecular weight is 396 g/mol. The maximum Gasteiger partial charge on any atom is 0.213 e. The molecule has 0 aromatic carbocycles. The van der Waals surface area contributed by atoms with E-state index in [1.54, 1.807) is 20.4 Å².